The van der Waals surface area contributed by atoms with Gasteiger partial charge in [-0.05, 0) is 12.1 Å². The first-order chi connectivity index (χ1) is 10.1. The normalized spacial score (nSPS) is 20.7. The zero-order valence-electron chi connectivity index (χ0n) is 11.7. The lowest BCUT2D eigenvalue weighted by atomic mass is 10.0. The molecule has 0 radical (unpaired) electrons. The van der Waals surface area contributed by atoms with Crippen LogP contribution in [0.5, 0.6) is 0 Å². The van der Waals surface area contributed by atoms with Gasteiger partial charge in [0.1, 0.15) is 0 Å². The first-order valence-corrected chi connectivity index (χ1v) is 8.13. The monoisotopic (exact) mass is 308 g/mol. The smallest absolute Gasteiger partial charge is 0.269 e. The molecule has 1 amide bonds. The van der Waals surface area contributed by atoms with Gasteiger partial charge in [0.2, 0.25) is 0 Å². The number of hydrogen-bond acceptors (Lipinski definition) is 4. The number of rotatable bonds is 2. The van der Waals surface area contributed by atoms with E-state index in [-0.39, 0.29) is 16.5 Å². The van der Waals surface area contributed by atoms with Crippen LogP contribution in [0.15, 0.2) is 24.3 Å². The molecule has 6 nitrogen and oxygen atoms in total. The van der Waals surface area contributed by atoms with Crippen LogP contribution in [0, 0.1) is 10.1 Å². The highest BCUT2D eigenvalue weighted by Gasteiger charge is 2.46. The Morgan fingerprint density at radius 3 is 2.57 bits per heavy atom. The number of amides is 1. The second kappa shape index (κ2) is 5.65. The fourth-order valence-electron chi connectivity index (χ4n) is 3.12. The highest BCUT2D eigenvalue weighted by Crippen LogP contribution is 2.42. The van der Waals surface area contributed by atoms with Crippen molar-refractivity contribution in [1.82, 2.24) is 4.90 Å². The molecule has 0 aromatic heterocycles. The zero-order valence-corrected chi connectivity index (χ0v) is 12.5. The van der Waals surface area contributed by atoms with E-state index in [1.807, 2.05) is 16.7 Å². The van der Waals surface area contributed by atoms with Crippen molar-refractivity contribution in [2.45, 2.75) is 17.7 Å². The molecule has 2 saturated heterocycles. The van der Waals surface area contributed by atoms with Gasteiger partial charge in [-0.1, -0.05) is 0 Å². The highest BCUT2D eigenvalue weighted by molar-refractivity contribution is 8.00. The number of carbonyl (C=O) groups is 1. The van der Waals surface area contributed by atoms with E-state index in [4.69, 9.17) is 0 Å². The summed E-state index contributed by atoms with van der Waals surface area (Å²) in [7, 11) is 0. The SMILES string of the molecule is O=C(c1ccc([N+](=O)[O-])cc1)N1CCSC12CC[NH2+]CC2. The van der Waals surface area contributed by atoms with Crippen LogP contribution >= 0.6 is 11.8 Å². The summed E-state index contributed by atoms with van der Waals surface area (Å²) in [5, 5.41) is 13.0. The topological polar surface area (TPSA) is 80.1 Å². The molecule has 2 fully saturated rings. The van der Waals surface area contributed by atoms with Gasteiger partial charge in [-0.3, -0.25) is 14.9 Å². The predicted octanol–water partition coefficient (Wildman–Crippen LogP) is 0.837. The molecule has 1 aromatic rings. The van der Waals surface area contributed by atoms with Crippen LogP contribution in [0.25, 0.3) is 0 Å². The molecule has 3 rings (SSSR count). The van der Waals surface area contributed by atoms with Crippen molar-refractivity contribution in [2.75, 3.05) is 25.4 Å². The van der Waals surface area contributed by atoms with Crippen LogP contribution in [0.3, 0.4) is 0 Å². The predicted molar refractivity (Wildman–Crippen MR) is 80.2 cm³/mol. The van der Waals surface area contributed by atoms with Gasteiger partial charge in [0.25, 0.3) is 11.6 Å². The Labute approximate surface area is 127 Å². The molecule has 7 heteroatoms. The molecular weight excluding hydrogens is 290 g/mol. The van der Waals surface area contributed by atoms with Crippen LogP contribution in [-0.2, 0) is 0 Å². The van der Waals surface area contributed by atoms with E-state index in [2.05, 4.69) is 5.32 Å². The van der Waals surface area contributed by atoms with Crippen molar-refractivity contribution in [2.24, 2.45) is 0 Å². The molecule has 0 unspecified atom stereocenters. The van der Waals surface area contributed by atoms with Crippen molar-refractivity contribution >= 4 is 23.4 Å². The van der Waals surface area contributed by atoms with E-state index in [1.165, 1.54) is 12.1 Å². The molecule has 2 heterocycles. The Balaban J connectivity index is 1.82. The molecule has 21 heavy (non-hydrogen) atoms. The van der Waals surface area contributed by atoms with Gasteiger partial charge in [-0.2, -0.15) is 0 Å². The number of carbonyl (C=O) groups excluding carboxylic acids is 1. The third-order valence-electron chi connectivity index (χ3n) is 4.23. The largest absolute Gasteiger partial charge is 0.346 e. The average Bonchev–Trinajstić information content (AvgIpc) is 2.90. The van der Waals surface area contributed by atoms with Gasteiger partial charge >= 0.3 is 0 Å². The molecule has 0 saturated carbocycles. The Morgan fingerprint density at radius 1 is 1.29 bits per heavy atom. The summed E-state index contributed by atoms with van der Waals surface area (Å²) in [6, 6.07) is 5.92. The minimum Gasteiger partial charge on any atom is -0.346 e. The standard InChI is InChI=1S/C14H17N3O3S/c18-13(11-1-3-12(4-2-11)17(19)20)16-9-10-21-14(16)5-7-15-8-6-14/h1-4,15H,5-10H2/p+1. The fraction of sp³-hybridized carbons (Fsp3) is 0.500. The summed E-state index contributed by atoms with van der Waals surface area (Å²) in [6.07, 6.45) is 2.02. The fourth-order valence-corrected chi connectivity index (χ4v) is 4.62. The second-order valence-electron chi connectivity index (χ2n) is 5.42. The van der Waals surface area contributed by atoms with E-state index in [0.717, 1.165) is 38.2 Å². The molecule has 0 atom stereocenters. The molecule has 2 aliphatic heterocycles. The lowest BCUT2D eigenvalue weighted by molar-refractivity contribution is -0.664. The number of nitrogens with two attached hydrogens (primary N) is 1. The maximum atomic E-state index is 12.7. The maximum absolute atomic E-state index is 12.7. The summed E-state index contributed by atoms with van der Waals surface area (Å²) < 4.78 is 0. The highest BCUT2D eigenvalue weighted by atomic mass is 32.2. The third kappa shape index (κ3) is 2.63. The minimum atomic E-state index is -0.446. The quantitative estimate of drug-likeness (QED) is 0.648. The van der Waals surface area contributed by atoms with Crippen LogP contribution in [0.4, 0.5) is 5.69 Å². The number of thioether (sulfide) groups is 1. The van der Waals surface area contributed by atoms with Crippen LogP contribution < -0.4 is 5.32 Å². The number of piperidine rings is 1. The second-order valence-corrected chi connectivity index (χ2v) is 6.88. The van der Waals surface area contributed by atoms with Crippen molar-refractivity contribution in [3.05, 3.63) is 39.9 Å². The number of nitrogens with zero attached hydrogens (tertiary/aromatic N) is 2. The average molecular weight is 308 g/mol. The Hall–Kier alpha value is -1.60. The molecule has 2 N–H and O–H groups in total. The van der Waals surface area contributed by atoms with Gasteiger partial charge in [-0.15, -0.1) is 11.8 Å². The molecular formula is C14H18N3O3S+. The van der Waals surface area contributed by atoms with Crippen molar-refractivity contribution in [3.63, 3.8) is 0 Å². The third-order valence-corrected chi connectivity index (χ3v) is 5.78. The molecule has 0 aliphatic carbocycles. The van der Waals surface area contributed by atoms with Crippen molar-refractivity contribution in [3.8, 4) is 0 Å². The maximum Gasteiger partial charge on any atom is 0.269 e. The van der Waals surface area contributed by atoms with E-state index in [1.54, 1.807) is 12.1 Å². The lowest BCUT2D eigenvalue weighted by Crippen LogP contribution is -2.88. The van der Waals surface area contributed by atoms with Gasteiger partial charge in [0.05, 0.1) is 22.9 Å². The van der Waals surface area contributed by atoms with Crippen molar-refractivity contribution in [1.29, 1.82) is 0 Å². The summed E-state index contributed by atoms with van der Waals surface area (Å²) in [6.45, 7) is 2.87. The van der Waals surface area contributed by atoms with Crippen LogP contribution in [0.2, 0.25) is 0 Å². The molecule has 2 aliphatic rings. The molecule has 0 bridgehead atoms. The minimum absolute atomic E-state index is 0.00296. The van der Waals surface area contributed by atoms with Gasteiger partial charge in [-0.25, -0.2) is 0 Å². The van der Waals surface area contributed by atoms with Crippen LogP contribution in [0.1, 0.15) is 23.2 Å². The summed E-state index contributed by atoms with van der Waals surface area (Å²) in [5.74, 6) is 0.968. The molecule has 1 spiro atoms. The number of non-ortho nitro benzene ring substituents is 1. The Bertz CT molecular complexity index is 555. The molecule has 1 aromatic carbocycles. The number of nitro benzene ring substituents is 1. The number of hydrogen-bond donors (Lipinski definition) is 1. The van der Waals surface area contributed by atoms with Gasteiger partial charge in [0.15, 0.2) is 0 Å². The Kier molecular flexibility index (Phi) is 3.86. The Morgan fingerprint density at radius 2 is 1.95 bits per heavy atom. The number of nitro groups is 1. The van der Waals surface area contributed by atoms with Gasteiger partial charge in [0, 0.05) is 42.8 Å². The summed E-state index contributed by atoms with van der Waals surface area (Å²) >= 11 is 1.88. The van der Waals surface area contributed by atoms with Gasteiger partial charge < -0.3 is 10.2 Å². The van der Waals surface area contributed by atoms with Crippen LogP contribution in [-0.4, -0.2) is 46.0 Å². The number of benzene rings is 1. The molecule has 112 valence electrons. The lowest BCUT2D eigenvalue weighted by Gasteiger charge is -2.39. The van der Waals surface area contributed by atoms with E-state index >= 15 is 0 Å². The van der Waals surface area contributed by atoms with E-state index in [9.17, 15) is 14.9 Å². The van der Waals surface area contributed by atoms with E-state index < -0.39 is 4.92 Å². The number of quaternary nitrogens is 1. The summed E-state index contributed by atoms with van der Waals surface area (Å²) in [5.41, 5.74) is 0.557. The zero-order chi connectivity index (χ0) is 14.9. The van der Waals surface area contributed by atoms with E-state index in [0.29, 0.717) is 5.56 Å². The first kappa shape index (κ1) is 14.3. The van der Waals surface area contributed by atoms with Crippen molar-refractivity contribution < 1.29 is 15.0 Å². The first-order valence-electron chi connectivity index (χ1n) is 7.14. The summed E-state index contributed by atoms with van der Waals surface area (Å²) in [4.78, 5) is 24.9.